The van der Waals surface area contributed by atoms with E-state index in [0.29, 0.717) is 6.10 Å². The Hall–Kier alpha value is -0.490. The average molecular weight is 332 g/mol. The van der Waals surface area contributed by atoms with Crippen LogP contribution in [0.25, 0.3) is 0 Å². The molecule has 2 rings (SSSR count). The van der Waals surface area contributed by atoms with Crippen molar-refractivity contribution < 1.29 is 4.74 Å². The van der Waals surface area contributed by atoms with Gasteiger partial charge in [-0.15, -0.1) is 0 Å². The van der Waals surface area contributed by atoms with E-state index in [2.05, 4.69) is 34.5 Å². The standard InChI is InChI=1S/C12H17IN2O/c1-15-6-4-10(5-7-15)16-12-3-2-9(13)8-11(12)14/h2-3,8,10H,4-7,14H2,1H3. The van der Waals surface area contributed by atoms with Gasteiger partial charge in [0.2, 0.25) is 0 Å². The third kappa shape index (κ3) is 3.01. The zero-order valence-corrected chi connectivity index (χ0v) is 11.6. The first-order valence-electron chi connectivity index (χ1n) is 5.55. The van der Waals surface area contributed by atoms with Gasteiger partial charge in [0.25, 0.3) is 0 Å². The Morgan fingerprint density at radius 3 is 2.69 bits per heavy atom. The Kier molecular flexibility index (Phi) is 3.91. The van der Waals surface area contributed by atoms with Crippen LogP contribution in [-0.4, -0.2) is 31.1 Å². The zero-order chi connectivity index (χ0) is 11.5. The van der Waals surface area contributed by atoms with Crippen molar-refractivity contribution in [2.45, 2.75) is 18.9 Å². The van der Waals surface area contributed by atoms with Gasteiger partial charge < -0.3 is 15.4 Å². The Balaban J connectivity index is 1.98. The molecule has 1 fully saturated rings. The summed E-state index contributed by atoms with van der Waals surface area (Å²) in [5.41, 5.74) is 6.67. The van der Waals surface area contributed by atoms with Gasteiger partial charge in [0, 0.05) is 16.7 Å². The van der Waals surface area contributed by atoms with E-state index >= 15 is 0 Å². The van der Waals surface area contributed by atoms with Gasteiger partial charge in [0.1, 0.15) is 11.9 Å². The number of halogens is 1. The molecule has 0 atom stereocenters. The lowest BCUT2D eigenvalue weighted by Gasteiger charge is -2.29. The van der Waals surface area contributed by atoms with Gasteiger partial charge in [0.15, 0.2) is 0 Å². The Morgan fingerprint density at radius 1 is 1.38 bits per heavy atom. The normalized spacial score (nSPS) is 18.6. The second-order valence-corrected chi connectivity index (χ2v) is 5.55. The molecule has 1 heterocycles. The van der Waals surface area contributed by atoms with Crippen molar-refractivity contribution >= 4 is 28.3 Å². The van der Waals surface area contributed by atoms with Gasteiger partial charge in [-0.3, -0.25) is 0 Å². The molecule has 1 aromatic rings. The van der Waals surface area contributed by atoms with Crippen molar-refractivity contribution in [1.29, 1.82) is 0 Å². The Morgan fingerprint density at radius 2 is 2.06 bits per heavy atom. The lowest BCUT2D eigenvalue weighted by atomic mass is 10.1. The first-order valence-corrected chi connectivity index (χ1v) is 6.63. The SMILES string of the molecule is CN1CCC(Oc2ccc(I)cc2N)CC1. The van der Waals surface area contributed by atoms with Gasteiger partial charge in [-0.25, -0.2) is 0 Å². The summed E-state index contributed by atoms with van der Waals surface area (Å²) < 4.78 is 7.08. The van der Waals surface area contributed by atoms with Gasteiger partial charge in [-0.1, -0.05) is 0 Å². The highest BCUT2D eigenvalue weighted by Crippen LogP contribution is 2.26. The summed E-state index contributed by atoms with van der Waals surface area (Å²) in [6, 6.07) is 5.95. The van der Waals surface area contributed by atoms with Crippen molar-refractivity contribution in [3.63, 3.8) is 0 Å². The average Bonchev–Trinajstić information content (AvgIpc) is 2.25. The van der Waals surface area contributed by atoms with Crippen molar-refractivity contribution in [3.8, 4) is 5.75 Å². The molecule has 4 heteroatoms. The largest absolute Gasteiger partial charge is 0.488 e. The number of hydrogen-bond acceptors (Lipinski definition) is 3. The summed E-state index contributed by atoms with van der Waals surface area (Å²) in [7, 11) is 2.15. The smallest absolute Gasteiger partial charge is 0.142 e. The van der Waals surface area contributed by atoms with Gasteiger partial charge in [-0.05, 0) is 60.7 Å². The van der Waals surface area contributed by atoms with Gasteiger partial charge in [-0.2, -0.15) is 0 Å². The maximum Gasteiger partial charge on any atom is 0.142 e. The Bertz CT molecular complexity index is 362. The number of nitrogens with zero attached hydrogens (tertiary/aromatic N) is 1. The van der Waals surface area contributed by atoms with Crippen LogP contribution in [0.3, 0.4) is 0 Å². The summed E-state index contributed by atoms with van der Waals surface area (Å²) in [6.45, 7) is 2.21. The minimum absolute atomic E-state index is 0.318. The number of hydrogen-bond donors (Lipinski definition) is 1. The van der Waals surface area contributed by atoms with Crippen molar-refractivity contribution in [2.24, 2.45) is 0 Å². The molecule has 16 heavy (non-hydrogen) atoms. The summed E-state index contributed by atoms with van der Waals surface area (Å²) in [5, 5.41) is 0. The van der Waals surface area contributed by atoms with Crippen LogP contribution in [0.5, 0.6) is 5.75 Å². The topological polar surface area (TPSA) is 38.5 Å². The van der Waals surface area contributed by atoms with E-state index in [1.54, 1.807) is 0 Å². The maximum absolute atomic E-state index is 5.93. The van der Waals surface area contributed by atoms with Crippen LogP contribution in [0.4, 0.5) is 5.69 Å². The molecule has 1 aliphatic rings. The maximum atomic E-state index is 5.93. The van der Waals surface area contributed by atoms with E-state index in [0.717, 1.165) is 40.9 Å². The summed E-state index contributed by atoms with van der Waals surface area (Å²) >= 11 is 2.25. The third-order valence-electron chi connectivity index (χ3n) is 2.93. The van der Waals surface area contributed by atoms with Crippen LogP contribution >= 0.6 is 22.6 Å². The lowest BCUT2D eigenvalue weighted by Crippen LogP contribution is -2.35. The van der Waals surface area contributed by atoms with Crippen LogP contribution in [0.15, 0.2) is 18.2 Å². The lowest BCUT2D eigenvalue weighted by molar-refractivity contribution is 0.115. The number of rotatable bonds is 2. The quantitative estimate of drug-likeness (QED) is 0.667. The second kappa shape index (κ2) is 5.23. The molecule has 0 saturated carbocycles. The van der Waals surface area contributed by atoms with Crippen molar-refractivity contribution in [2.75, 3.05) is 25.9 Å². The molecule has 0 aromatic heterocycles. The van der Waals surface area contributed by atoms with E-state index in [9.17, 15) is 0 Å². The number of anilines is 1. The summed E-state index contributed by atoms with van der Waals surface area (Å²) in [6.07, 6.45) is 2.49. The number of likely N-dealkylation sites (tertiary alicyclic amines) is 1. The number of piperidine rings is 1. The minimum Gasteiger partial charge on any atom is -0.488 e. The van der Waals surface area contributed by atoms with E-state index < -0.39 is 0 Å². The Labute approximate surface area is 110 Å². The van der Waals surface area contributed by atoms with E-state index in [4.69, 9.17) is 10.5 Å². The molecule has 1 aromatic carbocycles. The monoisotopic (exact) mass is 332 g/mol. The fraction of sp³-hybridized carbons (Fsp3) is 0.500. The molecule has 3 nitrogen and oxygen atoms in total. The molecule has 0 bridgehead atoms. The van der Waals surface area contributed by atoms with Crippen LogP contribution in [-0.2, 0) is 0 Å². The number of benzene rings is 1. The highest BCUT2D eigenvalue weighted by atomic mass is 127. The van der Waals surface area contributed by atoms with Gasteiger partial charge in [0.05, 0.1) is 5.69 Å². The summed E-state index contributed by atoms with van der Waals surface area (Å²) in [4.78, 5) is 2.33. The molecular weight excluding hydrogens is 315 g/mol. The molecule has 0 radical (unpaired) electrons. The zero-order valence-electron chi connectivity index (χ0n) is 9.45. The molecule has 0 unspecified atom stereocenters. The highest BCUT2D eigenvalue weighted by Gasteiger charge is 2.18. The minimum atomic E-state index is 0.318. The van der Waals surface area contributed by atoms with E-state index in [1.807, 2.05) is 18.2 Å². The predicted octanol–water partition coefficient (Wildman–Crippen LogP) is 2.35. The molecule has 0 aliphatic carbocycles. The first kappa shape index (κ1) is 12.0. The fourth-order valence-corrected chi connectivity index (χ4v) is 2.42. The number of nitrogens with two attached hydrogens (primary N) is 1. The predicted molar refractivity (Wildman–Crippen MR) is 74.7 cm³/mol. The van der Waals surface area contributed by atoms with Crippen LogP contribution in [0.2, 0.25) is 0 Å². The third-order valence-corrected chi connectivity index (χ3v) is 3.60. The first-order chi connectivity index (χ1) is 7.65. The number of ether oxygens (including phenoxy) is 1. The van der Waals surface area contributed by atoms with E-state index in [-0.39, 0.29) is 0 Å². The second-order valence-electron chi connectivity index (χ2n) is 4.30. The molecule has 88 valence electrons. The van der Waals surface area contributed by atoms with Crippen LogP contribution < -0.4 is 10.5 Å². The molecule has 0 spiro atoms. The summed E-state index contributed by atoms with van der Waals surface area (Å²) in [5.74, 6) is 0.829. The molecule has 0 amide bonds. The van der Waals surface area contributed by atoms with Crippen molar-refractivity contribution in [3.05, 3.63) is 21.8 Å². The molecular formula is C12H17IN2O. The highest BCUT2D eigenvalue weighted by molar-refractivity contribution is 14.1. The fourth-order valence-electron chi connectivity index (χ4n) is 1.91. The van der Waals surface area contributed by atoms with Crippen LogP contribution in [0.1, 0.15) is 12.8 Å². The molecule has 1 saturated heterocycles. The van der Waals surface area contributed by atoms with Crippen LogP contribution in [0, 0.1) is 3.57 Å². The molecule has 2 N–H and O–H groups in total. The number of nitrogen functional groups attached to an aromatic ring is 1. The van der Waals surface area contributed by atoms with E-state index in [1.165, 1.54) is 0 Å². The molecule has 1 aliphatic heterocycles. The van der Waals surface area contributed by atoms with Gasteiger partial charge >= 0.3 is 0 Å². The van der Waals surface area contributed by atoms with Crippen molar-refractivity contribution in [1.82, 2.24) is 4.90 Å².